The third-order valence-electron chi connectivity index (χ3n) is 4.08. The van der Waals surface area contributed by atoms with Gasteiger partial charge in [-0.05, 0) is 42.9 Å². The molecule has 1 spiro atoms. The fourth-order valence-electron chi connectivity index (χ4n) is 3.69. The molecule has 0 nitrogen and oxygen atoms in total. The van der Waals surface area contributed by atoms with Crippen molar-refractivity contribution in [2.45, 2.75) is 65.2 Å². The third kappa shape index (κ3) is 1.53. The molecule has 2 fully saturated rings. The van der Waals surface area contributed by atoms with Crippen molar-refractivity contribution >= 4 is 0 Å². The van der Waals surface area contributed by atoms with E-state index in [1.165, 1.54) is 51.4 Å². The van der Waals surface area contributed by atoms with Crippen molar-refractivity contribution in [1.29, 1.82) is 0 Å². The van der Waals surface area contributed by atoms with E-state index in [4.69, 9.17) is 0 Å². The molecule has 0 radical (unpaired) electrons. The van der Waals surface area contributed by atoms with E-state index in [0.717, 1.165) is 5.41 Å². The average Bonchev–Trinajstić information content (AvgIpc) is 2.34. The van der Waals surface area contributed by atoms with Crippen molar-refractivity contribution < 1.29 is 0 Å². The van der Waals surface area contributed by atoms with Crippen molar-refractivity contribution in [3.63, 3.8) is 0 Å². The van der Waals surface area contributed by atoms with E-state index in [2.05, 4.69) is 13.8 Å². The van der Waals surface area contributed by atoms with Gasteiger partial charge in [-0.1, -0.05) is 33.1 Å². The van der Waals surface area contributed by atoms with Gasteiger partial charge in [0.2, 0.25) is 0 Å². The predicted molar refractivity (Wildman–Crippen MR) is 53.2 cm³/mol. The summed E-state index contributed by atoms with van der Waals surface area (Å²) in [5.74, 6) is 0. The van der Waals surface area contributed by atoms with E-state index in [9.17, 15) is 0 Å². The molecule has 12 heavy (non-hydrogen) atoms. The average molecular weight is 166 g/mol. The zero-order valence-electron chi connectivity index (χ0n) is 8.66. The standard InChI is InChI=1S/C12H22/c1-11(2)6-5-9-12(10-11)7-3-4-8-12/h3-10H2,1-2H3. The zero-order valence-corrected chi connectivity index (χ0v) is 8.66. The lowest BCUT2D eigenvalue weighted by molar-refractivity contribution is 0.0889. The van der Waals surface area contributed by atoms with Gasteiger partial charge in [-0.15, -0.1) is 0 Å². The van der Waals surface area contributed by atoms with Gasteiger partial charge in [0.05, 0.1) is 0 Å². The Labute approximate surface area is 76.7 Å². The highest BCUT2D eigenvalue weighted by atomic mass is 14.5. The summed E-state index contributed by atoms with van der Waals surface area (Å²) in [5.41, 5.74) is 1.46. The highest BCUT2D eigenvalue weighted by Crippen LogP contribution is 2.54. The van der Waals surface area contributed by atoms with Gasteiger partial charge in [0.1, 0.15) is 0 Å². The summed E-state index contributed by atoms with van der Waals surface area (Å²) in [5, 5.41) is 0. The molecular formula is C12H22. The lowest BCUT2D eigenvalue weighted by Crippen LogP contribution is -2.30. The van der Waals surface area contributed by atoms with Crippen molar-refractivity contribution in [1.82, 2.24) is 0 Å². The molecule has 2 aliphatic carbocycles. The first-order valence-corrected chi connectivity index (χ1v) is 5.62. The van der Waals surface area contributed by atoms with Gasteiger partial charge in [0.25, 0.3) is 0 Å². The Morgan fingerprint density at radius 3 is 1.92 bits per heavy atom. The molecule has 0 unspecified atom stereocenters. The summed E-state index contributed by atoms with van der Waals surface area (Å²) in [6, 6.07) is 0. The molecule has 0 aliphatic heterocycles. The van der Waals surface area contributed by atoms with Crippen molar-refractivity contribution in [2.24, 2.45) is 10.8 Å². The van der Waals surface area contributed by atoms with E-state index in [1.807, 2.05) is 0 Å². The maximum Gasteiger partial charge on any atom is -0.0292 e. The first-order valence-electron chi connectivity index (χ1n) is 5.62. The smallest absolute Gasteiger partial charge is 0.0292 e. The zero-order chi connectivity index (χ0) is 8.66. The Balaban J connectivity index is 2.07. The largest absolute Gasteiger partial charge is 0.0599 e. The maximum atomic E-state index is 2.46. The molecule has 0 aromatic carbocycles. The van der Waals surface area contributed by atoms with Crippen LogP contribution in [0.1, 0.15) is 65.2 Å². The van der Waals surface area contributed by atoms with E-state index in [-0.39, 0.29) is 0 Å². The van der Waals surface area contributed by atoms with Crippen LogP contribution in [0.15, 0.2) is 0 Å². The summed E-state index contributed by atoms with van der Waals surface area (Å²) >= 11 is 0. The molecule has 0 aromatic rings. The Bertz CT molecular complexity index is 161. The summed E-state index contributed by atoms with van der Waals surface area (Å²) < 4.78 is 0. The molecule has 70 valence electrons. The van der Waals surface area contributed by atoms with Crippen LogP contribution in [-0.2, 0) is 0 Å². The highest BCUT2D eigenvalue weighted by molar-refractivity contribution is 4.93. The van der Waals surface area contributed by atoms with E-state index < -0.39 is 0 Å². The minimum atomic E-state index is 0.655. The Hall–Kier alpha value is 0. The van der Waals surface area contributed by atoms with Crippen LogP contribution in [-0.4, -0.2) is 0 Å². The van der Waals surface area contributed by atoms with Crippen LogP contribution in [0, 0.1) is 10.8 Å². The summed E-state index contributed by atoms with van der Waals surface area (Å²) in [6.45, 7) is 4.93. The van der Waals surface area contributed by atoms with Gasteiger partial charge in [-0.25, -0.2) is 0 Å². The Kier molecular flexibility index (Phi) is 1.97. The SMILES string of the molecule is CC1(C)CCCC2(CCCC2)C1. The number of rotatable bonds is 0. The van der Waals surface area contributed by atoms with E-state index >= 15 is 0 Å². The molecule has 0 aromatic heterocycles. The van der Waals surface area contributed by atoms with Gasteiger partial charge in [0.15, 0.2) is 0 Å². The van der Waals surface area contributed by atoms with Crippen molar-refractivity contribution in [3.8, 4) is 0 Å². The number of hydrogen-bond donors (Lipinski definition) is 0. The number of hydrogen-bond acceptors (Lipinski definition) is 0. The third-order valence-corrected chi connectivity index (χ3v) is 4.08. The second kappa shape index (κ2) is 2.75. The maximum absolute atomic E-state index is 2.46. The molecule has 2 aliphatic rings. The summed E-state index contributed by atoms with van der Waals surface area (Å²) in [6.07, 6.45) is 12.1. The molecule has 0 heterocycles. The highest BCUT2D eigenvalue weighted by Gasteiger charge is 2.41. The predicted octanol–water partition coefficient (Wildman–Crippen LogP) is 4.15. The molecule has 0 amide bonds. The normalized spacial score (nSPS) is 32.5. The van der Waals surface area contributed by atoms with Crippen LogP contribution >= 0.6 is 0 Å². The molecular weight excluding hydrogens is 144 g/mol. The lowest BCUT2D eigenvalue weighted by atomic mass is 9.63. The lowest BCUT2D eigenvalue weighted by Gasteiger charge is -2.43. The van der Waals surface area contributed by atoms with Crippen LogP contribution in [0.5, 0.6) is 0 Å². The molecule has 0 atom stereocenters. The van der Waals surface area contributed by atoms with Crippen LogP contribution in [0.2, 0.25) is 0 Å². The van der Waals surface area contributed by atoms with Gasteiger partial charge in [-0.2, -0.15) is 0 Å². The minimum absolute atomic E-state index is 0.655. The van der Waals surface area contributed by atoms with Crippen molar-refractivity contribution in [3.05, 3.63) is 0 Å². The molecule has 0 N–H and O–H groups in total. The van der Waals surface area contributed by atoms with Crippen LogP contribution in [0.4, 0.5) is 0 Å². The fraction of sp³-hybridized carbons (Fsp3) is 1.00. The minimum Gasteiger partial charge on any atom is -0.0599 e. The van der Waals surface area contributed by atoms with Crippen LogP contribution in [0.3, 0.4) is 0 Å². The van der Waals surface area contributed by atoms with Crippen molar-refractivity contribution in [2.75, 3.05) is 0 Å². The second-order valence-corrected chi connectivity index (χ2v) is 5.90. The van der Waals surface area contributed by atoms with Gasteiger partial charge in [-0.3, -0.25) is 0 Å². The molecule has 2 saturated carbocycles. The Morgan fingerprint density at radius 2 is 1.33 bits per heavy atom. The quantitative estimate of drug-likeness (QED) is 0.507. The van der Waals surface area contributed by atoms with Crippen LogP contribution < -0.4 is 0 Å². The van der Waals surface area contributed by atoms with Gasteiger partial charge >= 0.3 is 0 Å². The fourth-order valence-corrected chi connectivity index (χ4v) is 3.69. The molecule has 0 bridgehead atoms. The van der Waals surface area contributed by atoms with E-state index in [1.54, 1.807) is 0 Å². The van der Waals surface area contributed by atoms with Crippen LogP contribution in [0.25, 0.3) is 0 Å². The first kappa shape index (κ1) is 8.59. The van der Waals surface area contributed by atoms with Gasteiger partial charge in [0, 0.05) is 0 Å². The molecule has 2 rings (SSSR count). The molecule has 0 saturated heterocycles. The molecule has 0 heteroatoms. The first-order chi connectivity index (χ1) is 5.62. The summed E-state index contributed by atoms with van der Waals surface area (Å²) in [7, 11) is 0. The second-order valence-electron chi connectivity index (χ2n) is 5.90. The summed E-state index contributed by atoms with van der Waals surface area (Å²) in [4.78, 5) is 0. The Morgan fingerprint density at radius 1 is 0.750 bits per heavy atom. The van der Waals surface area contributed by atoms with Gasteiger partial charge < -0.3 is 0 Å². The monoisotopic (exact) mass is 166 g/mol. The topological polar surface area (TPSA) is 0 Å². The van der Waals surface area contributed by atoms with E-state index in [0.29, 0.717) is 5.41 Å².